The monoisotopic (exact) mass is 552 g/mol. The fourth-order valence-electron chi connectivity index (χ4n) is 3.46. The average Bonchev–Trinajstić information content (AvgIpc) is 2.90. The highest BCUT2D eigenvalue weighted by atomic mass is 32.2. The lowest BCUT2D eigenvalue weighted by atomic mass is 10.1. The van der Waals surface area contributed by atoms with Gasteiger partial charge in [-0.05, 0) is 42.5 Å². The number of esters is 1. The van der Waals surface area contributed by atoms with Crippen LogP contribution in [0.1, 0.15) is 15.9 Å². The van der Waals surface area contributed by atoms with Crippen LogP contribution < -0.4 is 19.1 Å². The summed E-state index contributed by atoms with van der Waals surface area (Å²) in [5.74, 6) is -1.42. The third-order valence-corrected chi connectivity index (χ3v) is 7.07. The molecule has 9 nitrogen and oxygen atoms in total. The number of rotatable bonds is 9. The van der Waals surface area contributed by atoms with E-state index < -0.39 is 45.9 Å². The zero-order chi connectivity index (χ0) is 28.1. The summed E-state index contributed by atoms with van der Waals surface area (Å²) in [6.45, 7) is -0.923. The Labute approximate surface area is 216 Å². The highest BCUT2D eigenvalue weighted by Gasteiger charge is 2.33. The number of hydrogen-bond donors (Lipinski definition) is 1. The van der Waals surface area contributed by atoms with Gasteiger partial charge in [0.15, 0.2) is 11.5 Å². The molecule has 3 rings (SSSR count). The summed E-state index contributed by atoms with van der Waals surface area (Å²) in [6, 6.07) is 13.0. The molecule has 0 atom stereocenters. The number of nitrogens with one attached hydrogen (secondary N) is 1. The Morgan fingerprint density at radius 1 is 0.895 bits per heavy atom. The summed E-state index contributed by atoms with van der Waals surface area (Å²) in [4.78, 5) is 24.7. The van der Waals surface area contributed by atoms with E-state index in [2.05, 4.69) is 10.1 Å². The second-order valence-electron chi connectivity index (χ2n) is 7.66. The van der Waals surface area contributed by atoms with E-state index >= 15 is 0 Å². The summed E-state index contributed by atoms with van der Waals surface area (Å²) in [6.07, 6.45) is -4.77. The van der Waals surface area contributed by atoms with Crippen LogP contribution in [0.25, 0.3) is 0 Å². The molecule has 0 aliphatic heterocycles. The second-order valence-corrected chi connectivity index (χ2v) is 9.52. The van der Waals surface area contributed by atoms with Crippen molar-refractivity contribution in [3.63, 3.8) is 0 Å². The number of methoxy groups -OCH3 is 3. The van der Waals surface area contributed by atoms with E-state index in [0.29, 0.717) is 10.4 Å². The lowest BCUT2D eigenvalue weighted by molar-refractivity contribution is -0.137. The topological polar surface area (TPSA) is 111 Å². The van der Waals surface area contributed by atoms with Gasteiger partial charge in [-0.2, -0.15) is 13.2 Å². The minimum atomic E-state index is -4.77. The molecule has 3 aromatic rings. The number of halogens is 3. The lowest BCUT2D eigenvalue weighted by Gasteiger charge is -2.25. The number of ether oxygens (including phenoxy) is 3. The van der Waals surface area contributed by atoms with Crippen molar-refractivity contribution in [2.24, 2.45) is 0 Å². The van der Waals surface area contributed by atoms with Gasteiger partial charge in [0.1, 0.15) is 6.54 Å². The van der Waals surface area contributed by atoms with Crippen LogP contribution >= 0.6 is 0 Å². The van der Waals surface area contributed by atoms with Gasteiger partial charge in [0.05, 0.1) is 48.7 Å². The van der Waals surface area contributed by atoms with Crippen molar-refractivity contribution in [3.8, 4) is 11.5 Å². The number of carbonyl (C=O) groups is 2. The van der Waals surface area contributed by atoms with E-state index in [1.165, 1.54) is 50.6 Å². The predicted molar refractivity (Wildman–Crippen MR) is 132 cm³/mol. The second kappa shape index (κ2) is 11.4. The van der Waals surface area contributed by atoms with Crippen molar-refractivity contribution in [2.75, 3.05) is 37.5 Å². The highest BCUT2D eigenvalue weighted by molar-refractivity contribution is 7.92. The Hall–Kier alpha value is -4.26. The van der Waals surface area contributed by atoms with Gasteiger partial charge in [-0.15, -0.1) is 0 Å². The Bertz CT molecular complexity index is 1440. The number of amides is 1. The number of sulfonamides is 1. The van der Waals surface area contributed by atoms with E-state index in [1.807, 2.05) is 0 Å². The SMILES string of the molecule is COC(=O)c1ccccc1NC(=O)CN(c1cccc(C(F)(F)F)c1)S(=O)(=O)c1ccc(OC)c(OC)c1. The molecule has 0 radical (unpaired) electrons. The van der Waals surface area contributed by atoms with Crippen molar-refractivity contribution < 1.29 is 45.4 Å². The smallest absolute Gasteiger partial charge is 0.416 e. The largest absolute Gasteiger partial charge is 0.493 e. The molecular weight excluding hydrogens is 529 g/mol. The third-order valence-electron chi connectivity index (χ3n) is 5.30. The number of anilines is 2. The predicted octanol–water partition coefficient (Wildman–Crippen LogP) is 4.34. The van der Waals surface area contributed by atoms with Crippen LogP contribution in [0.4, 0.5) is 24.5 Å². The van der Waals surface area contributed by atoms with E-state index in [0.717, 1.165) is 31.4 Å². The van der Waals surface area contributed by atoms with E-state index in [-0.39, 0.29) is 27.6 Å². The summed E-state index contributed by atoms with van der Waals surface area (Å²) in [5, 5.41) is 2.42. The standard InChI is InChI=1S/C25H23F3N2O7S/c1-35-21-12-11-18(14-22(21)36-2)38(33,34)30(17-8-6-7-16(13-17)25(26,27)28)15-23(31)29-20-10-5-4-9-19(20)24(32)37-3/h4-14H,15H2,1-3H3,(H,29,31). The molecule has 0 fully saturated rings. The molecule has 0 aliphatic rings. The van der Waals surface area contributed by atoms with Gasteiger partial charge < -0.3 is 19.5 Å². The maximum absolute atomic E-state index is 13.7. The summed E-state index contributed by atoms with van der Waals surface area (Å²) < 4.78 is 83.0. The number of para-hydroxylation sites is 1. The van der Waals surface area contributed by atoms with Gasteiger partial charge in [-0.1, -0.05) is 18.2 Å². The number of carbonyl (C=O) groups excluding carboxylic acids is 2. The first kappa shape index (κ1) is 28.3. The summed E-state index contributed by atoms with van der Waals surface area (Å²) in [7, 11) is -0.842. The maximum atomic E-state index is 13.7. The van der Waals surface area contributed by atoms with Gasteiger partial charge in [-0.3, -0.25) is 9.10 Å². The highest BCUT2D eigenvalue weighted by Crippen LogP contribution is 2.35. The number of nitrogens with zero attached hydrogens (tertiary/aromatic N) is 1. The fourth-order valence-corrected chi connectivity index (χ4v) is 4.89. The van der Waals surface area contributed by atoms with Crippen LogP contribution in [-0.2, 0) is 25.7 Å². The van der Waals surface area contributed by atoms with Gasteiger partial charge in [0.25, 0.3) is 10.0 Å². The first-order valence-corrected chi connectivity index (χ1v) is 12.3. The molecule has 0 saturated carbocycles. The molecule has 0 saturated heterocycles. The number of alkyl halides is 3. The maximum Gasteiger partial charge on any atom is 0.416 e. The van der Waals surface area contributed by atoms with Crippen LogP contribution in [0, 0.1) is 0 Å². The van der Waals surface area contributed by atoms with Crippen molar-refractivity contribution in [3.05, 3.63) is 77.9 Å². The lowest BCUT2D eigenvalue weighted by Crippen LogP contribution is -2.38. The molecule has 0 spiro atoms. The van der Waals surface area contributed by atoms with E-state index in [1.54, 1.807) is 0 Å². The normalized spacial score (nSPS) is 11.4. The molecule has 1 amide bonds. The zero-order valence-electron chi connectivity index (χ0n) is 20.4. The van der Waals surface area contributed by atoms with Crippen molar-refractivity contribution >= 4 is 33.3 Å². The zero-order valence-corrected chi connectivity index (χ0v) is 21.2. The molecule has 0 unspecified atom stereocenters. The van der Waals surface area contributed by atoms with Crippen LogP contribution in [0.15, 0.2) is 71.6 Å². The number of benzene rings is 3. The summed E-state index contributed by atoms with van der Waals surface area (Å²) in [5.41, 5.74) is -1.50. The van der Waals surface area contributed by atoms with Crippen LogP contribution in [0.2, 0.25) is 0 Å². The van der Waals surface area contributed by atoms with Crippen LogP contribution in [-0.4, -0.2) is 48.2 Å². The number of hydrogen-bond acceptors (Lipinski definition) is 7. The minimum Gasteiger partial charge on any atom is -0.493 e. The van der Waals surface area contributed by atoms with Gasteiger partial charge >= 0.3 is 12.1 Å². The molecular formula is C25H23F3N2O7S. The third kappa shape index (κ3) is 6.17. The molecule has 3 aromatic carbocycles. The van der Waals surface area contributed by atoms with E-state index in [9.17, 15) is 31.2 Å². The Balaban J connectivity index is 2.07. The van der Waals surface area contributed by atoms with Gasteiger partial charge in [0.2, 0.25) is 5.91 Å². The minimum absolute atomic E-state index is 0.00304. The first-order valence-electron chi connectivity index (χ1n) is 10.8. The Morgan fingerprint density at radius 3 is 2.21 bits per heavy atom. The summed E-state index contributed by atoms with van der Waals surface area (Å²) >= 11 is 0. The molecule has 1 N–H and O–H groups in total. The van der Waals surface area contributed by atoms with Crippen LogP contribution in [0.3, 0.4) is 0 Å². The first-order chi connectivity index (χ1) is 17.9. The van der Waals surface area contributed by atoms with Crippen LogP contribution in [0.5, 0.6) is 11.5 Å². The molecule has 0 aromatic heterocycles. The molecule has 0 aliphatic carbocycles. The molecule has 202 valence electrons. The Kier molecular flexibility index (Phi) is 8.51. The van der Waals surface area contributed by atoms with Crippen molar-refractivity contribution in [1.82, 2.24) is 0 Å². The van der Waals surface area contributed by atoms with Crippen molar-refractivity contribution in [1.29, 1.82) is 0 Å². The van der Waals surface area contributed by atoms with Crippen molar-refractivity contribution in [2.45, 2.75) is 11.1 Å². The molecule has 0 heterocycles. The fraction of sp³-hybridized carbons (Fsp3) is 0.200. The molecule has 13 heteroatoms. The molecule has 0 bridgehead atoms. The van der Waals surface area contributed by atoms with E-state index in [4.69, 9.17) is 9.47 Å². The quantitative estimate of drug-likeness (QED) is 0.393. The van der Waals surface area contributed by atoms with Gasteiger partial charge in [-0.25, -0.2) is 13.2 Å². The Morgan fingerprint density at radius 2 is 1.58 bits per heavy atom. The molecule has 38 heavy (non-hydrogen) atoms. The van der Waals surface area contributed by atoms with Gasteiger partial charge in [0, 0.05) is 6.07 Å². The average molecular weight is 553 g/mol.